The Bertz CT molecular complexity index is 762. The average Bonchev–Trinajstić information content (AvgIpc) is 3.30. The third-order valence-corrected chi connectivity index (χ3v) is 6.09. The number of imide groups is 1. The van der Waals surface area contributed by atoms with Crippen molar-refractivity contribution >= 4 is 35.2 Å². The fourth-order valence-electron chi connectivity index (χ4n) is 4.67. The van der Waals surface area contributed by atoms with Crippen LogP contribution in [0.1, 0.15) is 29.6 Å². The average molecular weight is 376 g/mol. The number of amides is 2. The topological polar surface area (TPSA) is 80.8 Å². The standard InChI is InChI=1S/C19H18ClNO5/c20-13-5-3-10(4-6-13)14(22)9-26-15(23)8-21-18(24)16-11-1-2-12(7-11)17(16)19(21)25/h3-6,11-12,16-17H,1-2,7-9H2/t11-,12-,16-,17-/m0/s1. The van der Waals surface area contributed by atoms with Crippen LogP contribution in [0.3, 0.4) is 0 Å². The van der Waals surface area contributed by atoms with E-state index < -0.39 is 19.1 Å². The second-order valence-corrected chi connectivity index (χ2v) is 7.67. The van der Waals surface area contributed by atoms with Crippen LogP contribution in [0.4, 0.5) is 0 Å². The van der Waals surface area contributed by atoms with Crippen molar-refractivity contribution in [2.75, 3.05) is 13.2 Å². The largest absolute Gasteiger partial charge is 0.456 e. The lowest BCUT2D eigenvalue weighted by molar-refractivity contribution is -0.152. The third-order valence-electron chi connectivity index (χ3n) is 5.84. The Morgan fingerprint density at radius 2 is 1.62 bits per heavy atom. The molecule has 0 radical (unpaired) electrons. The van der Waals surface area contributed by atoms with Crippen LogP contribution in [0.2, 0.25) is 5.02 Å². The van der Waals surface area contributed by atoms with Crippen molar-refractivity contribution in [3.63, 3.8) is 0 Å². The van der Waals surface area contributed by atoms with Gasteiger partial charge in [-0.15, -0.1) is 0 Å². The van der Waals surface area contributed by atoms with E-state index in [9.17, 15) is 19.2 Å². The molecule has 1 aromatic carbocycles. The highest BCUT2D eigenvalue weighted by Crippen LogP contribution is 2.56. The zero-order chi connectivity index (χ0) is 18.4. The number of benzene rings is 1. The van der Waals surface area contributed by atoms with Gasteiger partial charge in [-0.2, -0.15) is 0 Å². The van der Waals surface area contributed by atoms with Crippen LogP contribution in [0.15, 0.2) is 24.3 Å². The van der Waals surface area contributed by atoms with Gasteiger partial charge in [-0.25, -0.2) is 0 Å². The van der Waals surface area contributed by atoms with E-state index in [4.69, 9.17) is 16.3 Å². The van der Waals surface area contributed by atoms with E-state index >= 15 is 0 Å². The molecule has 2 amide bonds. The zero-order valence-electron chi connectivity index (χ0n) is 14.0. The van der Waals surface area contributed by atoms with Crippen molar-refractivity contribution in [1.29, 1.82) is 0 Å². The first-order valence-electron chi connectivity index (χ1n) is 8.75. The van der Waals surface area contributed by atoms with Gasteiger partial charge in [0.05, 0.1) is 11.8 Å². The number of fused-ring (bicyclic) bond motifs is 5. The first-order valence-corrected chi connectivity index (χ1v) is 9.13. The molecule has 0 aromatic heterocycles. The molecule has 7 heteroatoms. The number of carbonyl (C=O) groups excluding carboxylic acids is 4. The van der Waals surface area contributed by atoms with E-state index in [0.29, 0.717) is 10.6 Å². The highest BCUT2D eigenvalue weighted by atomic mass is 35.5. The molecular weight excluding hydrogens is 358 g/mol. The van der Waals surface area contributed by atoms with Gasteiger partial charge in [-0.3, -0.25) is 24.1 Å². The Morgan fingerprint density at radius 3 is 2.19 bits per heavy atom. The Balaban J connectivity index is 1.34. The molecule has 3 aliphatic rings. The van der Waals surface area contributed by atoms with Gasteiger partial charge in [0.1, 0.15) is 6.54 Å². The quantitative estimate of drug-likeness (QED) is 0.447. The molecule has 1 saturated heterocycles. The third kappa shape index (κ3) is 2.82. The van der Waals surface area contributed by atoms with Gasteiger partial charge in [0.25, 0.3) is 0 Å². The molecule has 136 valence electrons. The summed E-state index contributed by atoms with van der Waals surface area (Å²) >= 11 is 5.77. The molecule has 4 rings (SSSR count). The molecule has 0 spiro atoms. The molecular formula is C19H18ClNO5. The van der Waals surface area contributed by atoms with E-state index in [2.05, 4.69) is 0 Å². The van der Waals surface area contributed by atoms with Gasteiger partial charge < -0.3 is 4.74 Å². The minimum Gasteiger partial charge on any atom is -0.456 e. The number of esters is 1. The number of halogens is 1. The molecule has 3 fully saturated rings. The van der Waals surface area contributed by atoms with Crippen molar-refractivity contribution in [3.05, 3.63) is 34.9 Å². The Kier molecular flexibility index (Phi) is 4.31. The lowest BCUT2D eigenvalue weighted by Crippen LogP contribution is -2.38. The normalized spacial score (nSPS) is 29.2. The number of carbonyl (C=O) groups is 4. The molecule has 26 heavy (non-hydrogen) atoms. The number of rotatable bonds is 5. The van der Waals surface area contributed by atoms with E-state index in [0.717, 1.165) is 24.2 Å². The Labute approximate surface area is 155 Å². The molecule has 2 bridgehead atoms. The maximum absolute atomic E-state index is 12.5. The van der Waals surface area contributed by atoms with Crippen molar-refractivity contribution in [2.45, 2.75) is 19.3 Å². The van der Waals surface area contributed by atoms with Crippen LogP contribution in [0.25, 0.3) is 0 Å². The van der Waals surface area contributed by atoms with E-state index in [1.807, 2.05) is 0 Å². The summed E-state index contributed by atoms with van der Waals surface area (Å²) in [7, 11) is 0. The number of hydrogen-bond acceptors (Lipinski definition) is 5. The zero-order valence-corrected chi connectivity index (χ0v) is 14.8. The van der Waals surface area contributed by atoms with Crippen molar-refractivity contribution in [1.82, 2.24) is 4.90 Å². The van der Waals surface area contributed by atoms with Crippen LogP contribution in [0.5, 0.6) is 0 Å². The van der Waals surface area contributed by atoms with Crippen LogP contribution in [-0.4, -0.2) is 41.6 Å². The van der Waals surface area contributed by atoms with Crippen LogP contribution in [-0.2, 0) is 19.1 Å². The number of likely N-dealkylation sites (tertiary alicyclic amines) is 1. The predicted molar refractivity (Wildman–Crippen MR) is 91.3 cm³/mol. The summed E-state index contributed by atoms with van der Waals surface area (Å²) < 4.78 is 4.97. The molecule has 2 aliphatic carbocycles. The van der Waals surface area contributed by atoms with Gasteiger partial charge in [0.15, 0.2) is 12.4 Å². The molecule has 1 aromatic rings. The van der Waals surface area contributed by atoms with E-state index in [1.54, 1.807) is 24.3 Å². The van der Waals surface area contributed by atoms with Crippen molar-refractivity contribution < 1.29 is 23.9 Å². The number of nitrogens with zero attached hydrogens (tertiary/aromatic N) is 1. The molecule has 1 aliphatic heterocycles. The minimum atomic E-state index is -0.749. The number of hydrogen-bond donors (Lipinski definition) is 0. The molecule has 6 nitrogen and oxygen atoms in total. The number of ether oxygens (including phenoxy) is 1. The van der Waals surface area contributed by atoms with Gasteiger partial charge in [-0.1, -0.05) is 11.6 Å². The number of ketones is 1. The summed E-state index contributed by atoms with van der Waals surface area (Å²) in [5, 5.41) is 0.504. The second-order valence-electron chi connectivity index (χ2n) is 7.24. The van der Waals surface area contributed by atoms with Gasteiger partial charge in [-0.05, 0) is 55.4 Å². The lowest BCUT2D eigenvalue weighted by Gasteiger charge is -2.19. The van der Waals surface area contributed by atoms with Crippen LogP contribution < -0.4 is 0 Å². The molecule has 4 atom stereocenters. The first kappa shape index (κ1) is 17.2. The summed E-state index contributed by atoms with van der Waals surface area (Å²) in [5.74, 6) is -1.61. The SMILES string of the molecule is O=C(CN1C(=O)[C@H]2[C@H]3CC[C@@H](C3)[C@@H]2C1=O)OCC(=O)c1ccc(Cl)cc1. The summed E-state index contributed by atoms with van der Waals surface area (Å²) in [6.07, 6.45) is 2.91. The highest BCUT2D eigenvalue weighted by molar-refractivity contribution is 6.30. The Hall–Kier alpha value is -2.21. The summed E-state index contributed by atoms with van der Waals surface area (Å²) in [4.78, 5) is 50.1. The second kappa shape index (κ2) is 6.50. The fraction of sp³-hybridized carbons (Fsp3) is 0.474. The summed E-state index contributed by atoms with van der Waals surface area (Å²) in [6.45, 7) is -0.854. The summed E-state index contributed by atoms with van der Waals surface area (Å²) in [5.41, 5.74) is 0.377. The van der Waals surface area contributed by atoms with Gasteiger partial charge in [0, 0.05) is 10.6 Å². The monoisotopic (exact) mass is 375 g/mol. The van der Waals surface area contributed by atoms with E-state index in [-0.39, 0.29) is 41.3 Å². The maximum atomic E-state index is 12.5. The fourth-order valence-corrected chi connectivity index (χ4v) is 4.79. The molecule has 0 N–H and O–H groups in total. The summed E-state index contributed by atoms with van der Waals surface area (Å²) in [6, 6.07) is 6.24. The molecule has 0 unspecified atom stereocenters. The smallest absolute Gasteiger partial charge is 0.326 e. The first-order chi connectivity index (χ1) is 12.5. The van der Waals surface area contributed by atoms with Gasteiger partial charge >= 0.3 is 5.97 Å². The van der Waals surface area contributed by atoms with Crippen molar-refractivity contribution in [3.8, 4) is 0 Å². The number of Topliss-reactive ketones (excluding diaryl/α,β-unsaturated/α-hetero) is 1. The van der Waals surface area contributed by atoms with Crippen LogP contribution >= 0.6 is 11.6 Å². The minimum absolute atomic E-state index is 0.256. The van der Waals surface area contributed by atoms with Gasteiger partial charge in [0.2, 0.25) is 11.8 Å². The predicted octanol–water partition coefficient (Wildman–Crippen LogP) is 2.10. The van der Waals surface area contributed by atoms with E-state index in [1.165, 1.54) is 0 Å². The lowest BCUT2D eigenvalue weighted by atomic mass is 9.81. The molecule has 1 heterocycles. The maximum Gasteiger partial charge on any atom is 0.326 e. The van der Waals surface area contributed by atoms with Crippen molar-refractivity contribution in [2.24, 2.45) is 23.7 Å². The van der Waals surface area contributed by atoms with Crippen LogP contribution in [0, 0.1) is 23.7 Å². The molecule has 2 saturated carbocycles. The highest BCUT2D eigenvalue weighted by Gasteiger charge is 2.61. The Morgan fingerprint density at radius 1 is 1.04 bits per heavy atom.